The summed E-state index contributed by atoms with van der Waals surface area (Å²) < 4.78 is 11.6. The number of hydrogen-bond acceptors (Lipinski definition) is 14. The van der Waals surface area contributed by atoms with Gasteiger partial charge >= 0.3 is 5.97 Å². The molecule has 0 aliphatic carbocycles. The number of anilines is 7. The van der Waals surface area contributed by atoms with Gasteiger partial charge < -0.3 is 89.5 Å². The van der Waals surface area contributed by atoms with Crippen LogP contribution in [0.4, 0.5) is 40.2 Å². The smallest absolute Gasteiger partial charge is 0.372 e. The molecule has 8 aromatic rings. The lowest BCUT2D eigenvalue weighted by molar-refractivity contribution is -0.117. The number of amides is 9. The van der Waals surface area contributed by atoms with Crippen molar-refractivity contribution in [3.8, 4) is 0 Å². The number of nitrogens with one attached hydrogen (secondary N) is 9. The van der Waals surface area contributed by atoms with Crippen molar-refractivity contribution in [3.63, 3.8) is 0 Å². The Balaban J connectivity index is 0.738. The van der Waals surface area contributed by atoms with Crippen molar-refractivity contribution in [1.29, 1.82) is 0 Å². The third-order valence-electron chi connectivity index (χ3n) is 12.5. The maximum absolute atomic E-state index is 13.3. The Labute approximate surface area is 470 Å². The first kappa shape index (κ1) is 57.8. The van der Waals surface area contributed by atoms with E-state index < -0.39 is 59.1 Å². The van der Waals surface area contributed by atoms with Crippen molar-refractivity contribution in [2.24, 2.45) is 56.4 Å². The fraction of sp³-hybridized carbons (Fsp3) is 0.255. The molecule has 0 aliphatic rings. The molecular formula is C51H57N21O11. The summed E-state index contributed by atoms with van der Waals surface area (Å²) in [6, 6.07) is 5.81. The van der Waals surface area contributed by atoms with Crippen LogP contribution in [0, 0.1) is 0 Å². The molecule has 0 unspecified atom stereocenters. The van der Waals surface area contributed by atoms with Gasteiger partial charge in [-0.2, -0.15) is 0 Å². The average molecular weight is 1140 g/mol. The number of carbonyl (C=O) groups excluding carboxylic acids is 9. The highest BCUT2D eigenvalue weighted by Gasteiger charge is 2.24. The third kappa shape index (κ3) is 13.7. The molecule has 432 valence electrons. The maximum atomic E-state index is 13.3. The Bertz CT molecular complexity index is 3890. The minimum absolute atomic E-state index is 0.0190. The van der Waals surface area contributed by atoms with Crippen LogP contribution in [0.3, 0.4) is 0 Å². The van der Waals surface area contributed by atoms with Crippen LogP contribution in [0.1, 0.15) is 104 Å². The Kier molecular flexibility index (Phi) is 17.0. The summed E-state index contributed by atoms with van der Waals surface area (Å²) in [5, 5.41) is 33.2. The Morgan fingerprint density at radius 1 is 0.386 bits per heavy atom. The van der Waals surface area contributed by atoms with E-state index in [1.807, 2.05) is 0 Å². The molecule has 0 fully saturated rings. The quantitative estimate of drug-likeness (QED) is 0.0433. The predicted octanol–water partition coefficient (Wildman–Crippen LogP) is 1.84. The minimum atomic E-state index is -1.26. The molecule has 0 aromatic carbocycles. The highest BCUT2D eigenvalue weighted by Crippen LogP contribution is 2.21. The van der Waals surface area contributed by atoms with Crippen molar-refractivity contribution in [3.05, 3.63) is 126 Å². The molecule has 0 saturated heterocycles. The molecule has 8 aromatic heterocycles. The van der Waals surface area contributed by atoms with Crippen molar-refractivity contribution in [1.82, 2.24) is 67.1 Å². The van der Waals surface area contributed by atoms with Gasteiger partial charge in [-0.1, -0.05) is 0 Å². The molecule has 0 spiro atoms. The van der Waals surface area contributed by atoms with Gasteiger partial charge in [0.2, 0.25) is 29.3 Å². The standard InChI is InChI=1S/C51H57N21O11/c1-65-15-14-52-40(65)48(79)56-28-16-32(67(3)21-28)45(76)54-13-11-39(74)60-36-25-71(7)42(62-36)49(80)57-29-17-31(66(2)22-29)44(75)53-12-9-10-38(73)59-35-24-70(6)41(61-35)50(81)58-30-19-33(68(4)23-30)46(77)55-27-18-34(69(5)20-27)47(78)64-37-26-72(8)43(63-37)51(82)83/h14-26H,9-13H2,1-8H3,(H,53,75)(H,54,76)(H,55,77)(H,56,79)(H,57,80)(H,58,81)(H,59,73)(H,60,74)(H,64,78)(H,82,83). The van der Waals surface area contributed by atoms with Gasteiger partial charge in [0.25, 0.3) is 41.4 Å². The zero-order valence-electron chi connectivity index (χ0n) is 45.9. The summed E-state index contributed by atoms with van der Waals surface area (Å²) in [6.45, 7) is 0.0788. The van der Waals surface area contributed by atoms with E-state index in [0.717, 1.165) is 0 Å². The van der Waals surface area contributed by atoms with Gasteiger partial charge in [0.05, 0.1) is 22.7 Å². The number of carboxylic acids is 1. The molecule has 0 saturated carbocycles. The highest BCUT2D eigenvalue weighted by atomic mass is 16.4. The van der Waals surface area contributed by atoms with Crippen LogP contribution in [0.15, 0.2) is 80.0 Å². The highest BCUT2D eigenvalue weighted by molar-refractivity contribution is 6.09. The number of aryl methyl sites for hydroxylation is 8. The summed E-state index contributed by atoms with van der Waals surface area (Å²) >= 11 is 0. The first-order chi connectivity index (χ1) is 39.4. The second-order valence-corrected chi connectivity index (χ2v) is 19.0. The van der Waals surface area contributed by atoms with E-state index in [-0.39, 0.29) is 113 Å². The van der Waals surface area contributed by atoms with E-state index >= 15 is 0 Å². The lowest BCUT2D eigenvalue weighted by Gasteiger charge is -2.06. The summed E-state index contributed by atoms with van der Waals surface area (Å²) in [7, 11) is 12.7. The summed E-state index contributed by atoms with van der Waals surface area (Å²) in [6.07, 6.45) is 13.6. The summed E-state index contributed by atoms with van der Waals surface area (Å²) in [4.78, 5) is 145. The molecule has 0 radical (unpaired) electrons. The SMILES string of the molecule is Cn1cc(NC(=O)c2nc(NC(=O)CCNC(=O)c3cc(NC(=O)c4nccn4C)cn3C)cn2C)cc1C(=O)NCCCC(=O)Nc1cn(C)c(C(=O)Nc2cc(C(=O)Nc3cc(C(=O)Nc4cn(C)c(C(=O)O)n4)n(C)c3)n(C)c2)n1. The van der Waals surface area contributed by atoms with Crippen LogP contribution in [-0.4, -0.2) is 134 Å². The van der Waals surface area contributed by atoms with E-state index in [1.165, 1.54) is 107 Å². The number of hydrogen-bond donors (Lipinski definition) is 10. The molecule has 9 amide bonds. The molecule has 83 heavy (non-hydrogen) atoms. The molecule has 10 N–H and O–H groups in total. The summed E-state index contributed by atoms with van der Waals surface area (Å²) in [5.74, 6) is -6.00. The second kappa shape index (κ2) is 24.4. The fourth-order valence-corrected chi connectivity index (χ4v) is 8.49. The zero-order chi connectivity index (χ0) is 60.0. The fourth-order valence-electron chi connectivity index (χ4n) is 8.49. The second-order valence-electron chi connectivity index (χ2n) is 19.0. The van der Waals surface area contributed by atoms with Crippen molar-refractivity contribution < 1.29 is 53.1 Å². The van der Waals surface area contributed by atoms with Crippen LogP contribution >= 0.6 is 0 Å². The van der Waals surface area contributed by atoms with Crippen LogP contribution < -0.4 is 47.9 Å². The average Bonchev–Trinajstić information content (AvgIpc) is 4.50. The van der Waals surface area contributed by atoms with Gasteiger partial charge in [0.15, 0.2) is 23.3 Å². The summed E-state index contributed by atoms with van der Waals surface area (Å²) in [5.41, 5.74) is 1.93. The first-order valence-corrected chi connectivity index (χ1v) is 25.1. The van der Waals surface area contributed by atoms with E-state index in [1.54, 1.807) is 66.3 Å². The molecule has 8 heterocycles. The third-order valence-corrected chi connectivity index (χ3v) is 12.5. The molecule has 8 rings (SSSR count). The monoisotopic (exact) mass is 1140 g/mol. The Morgan fingerprint density at radius 2 is 0.747 bits per heavy atom. The van der Waals surface area contributed by atoms with Gasteiger partial charge in [-0.25, -0.2) is 24.7 Å². The molecule has 32 nitrogen and oxygen atoms in total. The van der Waals surface area contributed by atoms with Gasteiger partial charge in [-0.05, 0) is 30.7 Å². The number of carboxylic acid groups (broad SMARTS) is 1. The van der Waals surface area contributed by atoms with Gasteiger partial charge in [-0.3, -0.25) is 43.2 Å². The molecule has 32 heteroatoms. The molecule has 0 bridgehead atoms. The zero-order valence-corrected chi connectivity index (χ0v) is 45.9. The number of nitrogens with zero attached hydrogens (tertiary/aromatic N) is 12. The number of aromatic nitrogens is 12. The lowest BCUT2D eigenvalue weighted by Crippen LogP contribution is -2.29. The lowest BCUT2D eigenvalue weighted by atomic mass is 10.3. The molecule has 0 aliphatic heterocycles. The van der Waals surface area contributed by atoms with Gasteiger partial charge in [0.1, 0.15) is 22.8 Å². The van der Waals surface area contributed by atoms with Crippen molar-refractivity contribution in [2.45, 2.75) is 19.3 Å². The number of aromatic carboxylic acids is 1. The minimum Gasteiger partial charge on any atom is -0.475 e. The van der Waals surface area contributed by atoms with Crippen LogP contribution in [0.5, 0.6) is 0 Å². The molecular weight excluding hydrogens is 1080 g/mol. The molecule has 0 atom stereocenters. The van der Waals surface area contributed by atoms with E-state index in [0.29, 0.717) is 5.69 Å². The largest absolute Gasteiger partial charge is 0.475 e. The van der Waals surface area contributed by atoms with Crippen LogP contribution in [0.2, 0.25) is 0 Å². The van der Waals surface area contributed by atoms with E-state index in [4.69, 9.17) is 0 Å². The maximum Gasteiger partial charge on any atom is 0.372 e. The topological polar surface area (TPSA) is 390 Å². The van der Waals surface area contributed by atoms with Crippen molar-refractivity contribution in [2.75, 3.05) is 50.3 Å². The van der Waals surface area contributed by atoms with Crippen LogP contribution in [0.25, 0.3) is 0 Å². The van der Waals surface area contributed by atoms with E-state index in [9.17, 15) is 53.1 Å². The number of rotatable bonds is 22. The number of imidazole rings is 4. The van der Waals surface area contributed by atoms with E-state index in [2.05, 4.69) is 67.8 Å². The van der Waals surface area contributed by atoms with Crippen LogP contribution in [-0.2, 0) is 66.0 Å². The predicted molar refractivity (Wildman–Crippen MR) is 297 cm³/mol. The normalized spacial score (nSPS) is 10.9. The van der Waals surface area contributed by atoms with Gasteiger partial charge in [-0.15, -0.1) is 0 Å². The Hall–Kier alpha value is -11.3. The number of carbonyl (C=O) groups is 10. The van der Waals surface area contributed by atoms with Crippen molar-refractivity contribution >= 4 is 99.3 Å². The first-order valence-electron chi connectivity index (χ1n) is 25.1. The Morgan fingerprint density at radius 3 is 1.17 bits per heavy atom. The van der Waals surface area contributed by atoms with Gasteiger partial charge in [0, 0.05) is 138 Å².